The van der Waals surface area contributed by atoms with Crippen LogP contribution in [0.15, 0.2) is 64.1 Å². The van der Waals surface area contributed by atoms with Crippen molar-refractivity contribution in [2.75, 3.05) is 5.32 Å². The molecule has 3 aromatic rings. The van der Waals surface area contributed by atoms with Crippen LogP contribution in [0.1, 0.15) is 16.9 Å². The lowest BCUT2D eigenvalue weighted by Crippen LogP contribution is -2.24. The fraction of sp³-hybridized carbons (Fsp3) is 0.100. The lowest BCUT2D eigenvalue weighted by molar-refractivity contribution is -0.384. The summed E-state index contributed by atoms with van der Waals surface area (Å²) in [5.41, 5.74) is 6.71. The average molecular weight is 394 g/mol. The van der Waals surface area contributed by atoms with Crippen LogP contribution in [0.5, 0.6) is 0 Å². The zero-order valence-electron chi connectivity index (χ0n) is 15.3. The molecular formula is C20H18N4O3S. The fourth-order valence-corrected chi connectivity index (χ4v) is 2.75. The number of non-ortho nitro benzene ring substituents is 1. The third-order valence-electron chi connectivity index (χ3n) is 3.98. The monoisotopic (exact) mass is 394 g/mol. The molecule has 8 heteroatoms. The molecule has 0 fully saturated rings. The molecule has 142 valence electrons. The van der Waals surface area contributed by atoms with Crippen LogP contribution in [-0.4, -0.2) is 16.3 Å². The number of furan rings is 1. The Morgan fingerprint density at radius 3 is 2.57 bits per heavy atom. The van der Waals surface area contributed by atoms with Crippen molar-refractivity contribution in [2.24, 2.45) is 5.10 Å². The second-order valence-electron chi connectivity index (χ2n) is 6.15. The Kier molecular flexibility index (Phi) is 5.81. The lowest BCUT2D eigenvalue weighted by atomic mass is 10.1. The van der Waals surface area contributed by atoms with Crippen LogP contribution in [0, 0.1) is 24.0 Å². The van der Waals surface area contributed by atoms with Gasteiger partial charge < -0.3 is 9.73 Å². The summed E-state index contributed by atoms with van der Waals surface area (Å²) in [4.78, 5) is 10.3. The van der Waals surface area contributed by atoms with Gasteiger partial charge in [-0.15, -0.1) is 0 Å². The number of hydrogen-bond donors (Lipinski definition) is 2. The highest BCUT2D eigenvalue weighted by Crippen LogP contribution is 2.24. The van der Waals surface area contributed by atoms with E-state index in [1.165, 1.54) is 23.9 Å². The zero-order valence-corrected chi connectivity index (χ0v) is 16.1. The standard InChI is InChI=1S/C20H18N4O3S/c1-13-3-9-18(14(2)11-13)22-20(28)23-21-12-17-8-10-19(27-17)15-4-6-16(7-5-15)24(25)26/h3-12H,1-2H3,(H2,22,23,28). The third-order valence-corrected chi connectivity index (χ3v) is 4.17. The Morgan fingerprint density at radius 2 is 1.89 bits per heavy atom. The summed E-state index contributed by atoms with van der Waals surface area (Å²) in [6, 6.07) is 15.7. The van der Waals surface area contributed by atoms with Crippen LogP contribution in [0.2, 0.25) is 0 Å². The Bertz CT molecular complexity index is 1040. The van der Waals surface area contributed by atoms with Crippen molar-refractivity contribution >= 4 is 34.9 Å². The van der Waals surface area contributed by atoms with Gasteiger partial charge in [0.15, 0.2) is 5.11 Å². The van der Waals surface area contributed by atoms with E-state index in [0.717, 1.165) is 16.8 Å². The number of benzene rings is 2. The number of nitrogens with zero attached hydrogens (tertiary/aromatic N) is 2. The largest absolute Gasteiger partial charge is 0.455 e. The molecule has 0 atom stereocenters. The van der Waals surface area contributed by atoms with Crippen LogP contribution in [0.3, 0.4) is 0 Å². The van der Waals surface area contributed by atoms with Gasteiger partial charge in [-0.25, -0.2) is 0 Å². The first-order chi connectivity index (χ1) is 13.4. The van der Waals surface area contributed by atoms with Gasteiger partial charge in [0.05, 0.1) is 11.1 Å². The summed E-state index contributed by atoms with van der Waals surface area (Å²) in [5.74, 6) is 1.11. The molecule has 3 rings (SSSR count). The Labute approximate surface area is 167 Å². The summed E-state index contributed by atoms with van der Waals surface area (Å²) in [7, 11) is 0. The molecule has 0 aliphatic carbocycles. The van der Waals surface area contributed by atoms with E-state index in [2.05, 4.69) is 21.9 Å². The molecule has 7 nitrogen and oxygen atoms in total. The summed E-state index contributed by atoms with van der Waals surface area (Å²) >= 11 is 5.24. The van der Waals surface area contributed by atoms with Crippen LogP contribution in [-0.2, 0) is 0 Å². The topological polar surface area (TPSA) is 92.7 Å². The number of nitro groups is 1. The van der Waals surface area contributed by atoms with E-state index in [9.17, 15) is 10.1 Å². The van der Waals surface area contributed by atoms with Gasteiger partial charge in [0, 0.05) is 23.4 Å². The van der Waals surface area contributed by atoms with Gasteiger partial charge in [0.2, 0.25) is 0 Å². The highest BCUT2D eigenvalue weighted by Gasteiger charge is 2.08. The van der Waals surface area contributed by atoms with Gasteiger partial charge in [-0.2, -0.15) is 5.10 Å². The van der Waals surface area contributed by atoms with E-state index >= 15 is 0 Å². The minimum Gasteiger partial charge on any atom is -0.455 e. The van der Waals surface area contributed by atoms with E-state index in [0.29, 0.717) is 16.6 Å². The van der Waals surface area contributed by atoms with Gasteiger partial charge >= 0.3 is 0 Å². The van der Waals surface area contributed by atoms with Gasteiger partial charge in [0.1, 0.15) is 11.5 Å². The van der Waals surface area contributed by atoms with Gasteiger partial charge in [0.25, 0.3) is 5.69 Å². The van der Waals surface area contributed by atoms with Crippen LogP contribution < -0.4 is 10.7 Å². The number of nitro benzene ring substituents is 1. The second kappa shape index (κ2) is 8.45. The average Bonchev–Trinajstić information content (AvgIpc) is 3.13. The van der Waals surface area contributed by atoms with Crippen LogP contribution >= 0.6 is 12.2 Å². The molecule has 0 unspecified atom stereocenters. The number of thiocarbonyl (C=S) groups is 1. The molecule has 0 aliphatic heterocycles. The number of rotatable bonds is 5. The van der Waals surface area contributed by atoms with Crippen molar-refractivity contribution in [1.29, 1.82) is 0 Å². The van der Waals surface area contributed by atoms with Crippen molar-refractivity contribution in [1.82, 2.24) is 5.43 Å². The Hall–Kier alpha value is -3.52. The Balaban J connectivity index is 1.59. The predicted molar refractivity (Wildman–Crippen MR) is 114 cm³/mol. The van der Waals surface area contributed by atoms with Crippen molar-refractivity contribution in [3.63, 3.8) is 0 Å². The van der Waals surface area contributed by atoms with E-state index < -0.39 is 4.92 Å². The van der Waals surface area contributed by atoms with Crippen molar-refractivity contribution in [2.45, 2.75) is 13.8 Å². The molecule has 0 aliphatic rings. The predicted octanol–water partition coefficient (Wildman–Crippen LogP) is 4.79. The van der Waals surface area contributed by atoms with E-state index in [-0.39, 0.29) is 5.69 Å². The van der Waals surface area contributed by atoms with Gasteiger partial charge in [-0.1, -0.05) is 17.7 Å². The zero-order chi connectivity index (χ0) is 20.1. The maximum absolute atomic E-state index is 10.7. The number of hydrazone groups is 1. The molecule has 0 saturated heterocycles. The summed E-state index contributed by atoms with van der Waals surface area (Å²) < 4.78 is 5.68. The molecular weight excluding hydrogens is 376 g/mol. The first-order valence-electron chi connectivity index (χ1n) is 8.44. The number of nitrogens with one attached hydrogen (secondary N) is 2. The maximum atomic E-state index is 10.7. The minimum atomic E-state index is -0.440. The maximum Gasteiger partial charge on any atom is 0.269 e. The third kappa shape index (κ3) is 4.80. The first-order valence-corrected chi connectivity index (χ1v) is 8.85. The quantitative estimate of drug-likeness (QED) is 0.280. The number of anilines is 1. The highest BCUT2D eigenvalue weighted by atomic mass is 32.1. The minimum absolute atomic E-state index is 0.0334. The first kappa shape index (κ1) is 19.2. The SMILES string of the molecule is Cc1ccc(NC(=S)NN=Cc2ccc(-c3ccc([N+](=O)[O-])cc3)o2)c(C)c1. The van der Waals surface area contributed by atoms with Crippen LogP contribution in [0.4, 0.5) is 11.4 Å². The van der Waals surface area contributed by atoms with Crippen molar-refractivity contribution < 1.29 is 9.34 Å². The van der Waals surface area contributed by atoms with E-state index in [1.807, 2.05) is 26.0 Å². The molecule has 0 spiro atoms. The molecule has 1 aromatic heterocycles. The molecule has 2 aromatic carbocycles. The summed E-state index contributed by atoms with van der Waals surface area (Å²) in [6.07, 6.45) is 1.50. The summed E-state index contributed by atoms with van der Waals surface area (Å²) in [6.45, 7) is 4.04. The van der Waals surface area contributed by atoms with E-state index in [4.69, 9.17) is 16.6 Å². The molecule has 0 saturated carbocycles. The molecule has 0 amide bonds. The molecule has 1 heterocycles. The summed E-state index contributed by atoms with van der Waals surface area (Å²) in [5, 5.41) is 18.2. The number of hydrogen-bond acceptors (Lipinski definition) is 5. The molecule has 0 radical (unpaired) electrons. The van der Waals surface area contributed by atoms with E-state index in [1.54, 1.807) is 24.3 Å². The second-order valence-corrected chi connectivity index (χ2v) is 6.56. The molecule has 28 heavy (non-hydrogen) atoms. The highest BCUT2D eigenvalue weighted by molar-refractivity contribution is 7.80. The smallest absolute Gasteiger partial charge is 0.269 e. The fourth-order valence-electron chi connectivity index (χ4n) is 2.58. The normalized spacial score (nSPS) is 10.8. The Morgan fingerprint density at radius 1 is 1.14 bits per heavy atom. The van der Waals surface area contributed by atoms with Gasteiger partial charge in [-0.3, -0.25) is 15.5 Å². The number of aryl methyl sites for hydroxylation is 2. The molecule has 2 N–H and O–H groups in total. The van der Waals surface area contributed by atoms with Crippen LogP contribution in [0.25, 0.3) is 11.3 Å². The van der Waals surface area contributed by atoms with Crippen molar-refractivity contribution in [3.8, 4) is 11.3 Å². The molecule has 0 bridgehead atoms. The van der Waals surface area contributed by atoms with Crippen molar-refractivity contribution in [3.05, 3.63) is 81.6 Å². The van der Waals surface area contributed by atoms with Gasteiger partial charge in [-0.05, 0) is 62.0 Å². The lowest BCUT2D eigenvalue weighted by Gasteiger charge is -2.10.